The number of amidine groups is 1. The van der Waals surface area contributed by atoms with E-state index in [0.717, 1.165) is 41.5 Å². The van der Waals surface area contributed by atoms with Crippen LogP contribution in [0.2, 0.25) is 10.0 Å². The fourth-order valence-electron chi connectivity index (χ4n) is 1.54. The number of anilines is 1. The van der Waals surface area contributed by atoms with Crippen molar-refractivity contribution in [3.05, 3.63) is 27.7 Å². The van der Waals surface area contributed by atoms with Gasteiger partial charge >= 0.3 is 0 Å². The summed E-state index contributed by atoms with van der Waals surface area (Å²) in [5.74, 6) is 0.997. The Hall–Kier alpha value is -0.730. The minimum absolute atomic E-state index is 0.687. The molecule has 0 spiro atoms. The third kappa shape index (κ3) is 2.44. The molecule has 0 aliphatic carbocycles. The van der Waals surface area contributed by atoms with E-state index in [-0.39, 0.29) is 0 Å². The Labute approximate surface area is 99.3 Å². The first-order valence-electron chi connectivity index (χ1n) is 4.93. The highest BCUT2D eigenvalue weighted by atomic mass is 35.5. The van der Waals surface area contributed by atoms with Gasteiger partial charge in [-0.1, -0.05) is 23.2 Å². The van der Waals surface area contributed by atoms with Gasteiger partial charge in [-0.3, -0.25) is 4.99 Å². The fraction of sp³-hybridized carbons (Fsp3) is 0.364. The fourth-order valence-corrected chi connectivity index (χ4v) is 1.97. The van der Waals surface area contributed by atoms with E-state index >= 15 is 0 Å². The Morgan fingerprint density at radius 3 is 2.73 bits per heavy atom. The standard InChI is InChI=1S/C11H12Cl2N2/c1-7-5-9(13)10(6-8(7)12)15-11-3-2-4-14-11/h5-6H,2-4H2,1H3,(H,14,15). The molecule has 0 aromatic heterocycles. The Kier molecular flexibility index (Phi) is 3.17. The lowest BCUT2D eigenvalue weighted by Crippen LogP contribution is -2.08. The SMILES string of the molecule is Cc1cc(Cl)c(NC2=NCCC2)cc1Cl. The number of aryl methyl sites for hydroxylation is 1. The van der Waals surface area contributed by atoms with Crippen LogP contribution in [-0.4, -0.2) is 12.4 Å². The molecule has 1 aliphatic rings. The van der Waals surface area contributed by atoms with Crippen LogP contribution in [0.4, 0.5) is 5.69 Å². The second kappa shape index (κ2) is 4.42. The molecule has 4 heteroatoms. The quantitative estimate of drug-likeness (QED) is 0.794. The third-order valence-corrected chi connectivity index (χ3v) is 3.12. The molecule has 0 saturated carbocycles. The summed E-state index contributed by atoms with van der Waals surface area (Å²) in [4.78, 5) is 4.33. The van der Waals surface area contributed by atoms with Crippen LogP contribution < -0.4 is 5.32 Å². The monoisotopic (exact) mass is 242 g/mol. The highest BCUT2D eigenvalue weighted by Crippen LogP contribution is 2.29. The second-order valence-corrected chi connectivity index (χ2v) is 4.45. The number of halogens is 2. The van der Waals surface area contributed by atoms with Crippen LogP contribution in [0.1, 0.15) is 18.4 Å². The van der Waals surface area contributed by atoms with Crippen molar-refractivity contribution in [3.63, 3.8) is 0 Å². The molecule has 15 heavy (non-hydrogen) atoms. The Morgan fingerprint density at radius 1 is 1.27 bits per heavy atom. The number of nitrogens with zero attached hydrogens (tertiary/aromatic N) is 1. The van der Waals surface area contributed by atoms with Crippen LogP contribution in [0.5, 0.6) is 0 Å². The summed E-state index contributed by atoms with van der Waals surface area (Å²) in [5.41, 5.74) is 1.83. The number of rotatable bonds is 1. The van der Waals surface area contributed by atoms with Gasteiger partial charge in [0.25, 0.3) is 0 Å². The number of aliphatic imine (C=N–C) groups is 1. The highest BCUT2D eigenvalue weighted by Gasteiger charge is 2.09. The van der Waals surface area contributed by atoms with Crippen LogP contribution in [0.15, 0.2) is 17.1 Å². The van der Waals surface area contributed by atoms with Gasteiger partial charge in [0.2, 0.25) is 0 Å². The maximum atomic E-state index is 6.10. The molecule has 0 bridgehead atoms. The minimum atomic E-state index is 0.687. The lowest BCUT2D eigenvalue weighted by atomic mass is 10.2. The number of nitrogens with one attached hydrogen (secondary N) is 1. The maximum Gasteiger partial charge on any atom is 0.101 e. The summed E-state index contributed by atoms with van der Waals surface area (Å²) < 4.78 is 0. The number of hydrogen-bond donors (Lipinski definition) is 1. The van der Waals surface area contributed by atoms with Gasteiger partial charge in [-0.05, 0) is 31.0 Å². The van der Waals surface area contributed by atoms with Crippen molar-refractivity contribution >= 4 is 34.7 Å². The van der Waals surface area contributed by atoms with E-state index in [2.05, 4.69) is 10.3 Å². The summed E-state index contributed by atoms with van der Waals surface area (Å²) in [6.07, 6.45) is 2.10. The zero-order valence-corrected chi connectivity index (χ0v) is 9.99. The van der Waals surface area contributed by atoms with Crippen molar-refractivity contribution in [2.45, 2.75) is 19.8 Å². The topological polar surface area (TPSA) is 24.4 Å². The van der Waals surface area contributed by atoms with Crippen molar-refractivity contribution in [2.75, 3.05) is 11.9 Å². The molecule has 1 aliphatic heterocycles. The third-order valence-electron chi connectivity index (χ3n) is 2.40. The zero-order chi connectivity index (χ0) is 10.8. The van der Waals surface area contributed by atoms with E-state index < -0.39 is 0 Å². The largest absolute Gasteiger partial charge is 0.343 e. The molecule has 0 unspecified atom stereocenters. The van der Waals surface area contributed by atoms with E-state index in [0.29, 0.717) is 5.02 Å². The van der Waals surface area contributed by atoms with Gasteiger partial charge in [-0.15, -0.1) is 0 Å². The molecule has 0 fully saturated rings. The first kappa shape index (κ1) is 10.8. The second-order valence-electron chi connectivity index (χ2n) is 3.64. The van der Waals surface area contributed by atoms with Gasteiger partial charge in [-0.25, -0.2) is 0 Å². The van der Waals surface area contributed by atoms with E-state index in [1.54, 1.807) is 0 Å². The minimum Gasteiger partial charge on any atom is -0.343 e. The van der Waals surface area contributed by atoms with Crippen LogP contribution in [-0.2, 0) is 0 Å². The van der Waals surface area contributed by atoms with Crippen molar-refractivity contribution < 1.29 is 0 Å². The first-order valence-corrected chi connectivity index (χ1v) is 5.68. The summed E-state index contributed by atoms with van der Waals surface area (Å²) in [6.45, 7) is 2.84. The van der Waals surface area contributed by atoms with E-state index in [9.17, 15) is 0 Å². The normalized spacial score (nSPS) is 15.3. The zero-order valence-electron chi connectivity index (χ0n) is 8.48. The van der Waals surface area contributed by atoms with Gasteiger partial charge in [0.15, 0.2) is 0 Å². The Morgan fingerprint density at radius 2 is 2.07 bits per heavy atom. The molecular weight excluding hydrogens is 231 g/mol. The summed E-state index contributed by atoms with van der Waals surface area (Å²) in [6, 6.07) is 3.71. The summed E-state index contributed by atoms with van der Waals surface area (Å²) >= 11 is 12.1. The van der Waals surface area contributed by atoms with Crippen molar-refractivity contribution in [1.82, 2.24) is 0 Å². The van der Waals surface area contributed by atoms with Crippen LogP contribution in [0.3, 0.4) is 0 Å². The molecule has 2 rings (SSSR count). The van der Waals surface area contributed by atoms with E-state index in [1.807, 2.05) is 19.1 Å². The molecule has 1 aromatic rings. The van der Waals surface area contributed by atoms with Crippen LogP contribution >= 0.6 is 23.2 Å². The maximum absolute atomic E-state index is 6.10. The van der Waals surface area contributed by atoms with Crippen molar-refractivity contribution in [1.29, 1.82) is 0 Å². The van der Waals surface area contributed by atoms with Crippen molar-refractivity contribution in [2.24, 2.45) is 4.99 Å². The smallest absolute Gasteiger partial charge is 0.101 e. The molecule has 0 radical (unpaired) electrons. The molecule has 1 N–H and O–H groups in total. The predicted molar refractivity (Wildman–Crippen MR) is 66.4 cm³/mol. The van der Waals surface area contributed by atoms with Crippen LogP contribution in [0, 0.1) is 6.92 Å². The molecule has 1 aromatic carbocycles. The molecule has 0 amide bonds. The summed E-state index contributed by atoms with van der Waals surface area (Å²) in [5, 5.41) is 4.62. The molecule has 80 valence electrons. The molecule has 1 heterocycles. The molecular formula is C11H12Cl2N2. The van der Waals surface area contributed by atoms with Gasteiger partial charge in [0.1, 0.15) is 5.84 Å². The van der Waals surface area contributed by atoms with E-state index in [1.165, 1.54) is 0 Å². The Bertz CT molecular complexity index is 413. The van der Waals surface area contributed by atoms with Gasteiger partial charge in [0.05, 0.1) is 10.7 Å². The summed E-state index contributed by atoms with van der Waals surface area (Å²) in [7, 11) is 0. The highest BCUT2D eigenvalue weighted by molar-refractivity contribution is 6.36. The molecule has 0 saturated heterocycles. The number of hydrogen-bond acceptors (Lipinski definition) is 2. The Balaban J connectivity index is 2.24. The van der Waals surface area contributed by atoms with Gasteiger partial charge in [0, 0.05) is 18.0 Å². The average molecular weight is 243 g/mol. The number of benzene rings is 1. The van der Waals surface area contributed by atoms with Crippen LogP contribution in [0.25, 0.3) is 0 Å². The average Bonchev–Trinajstić information content (AvgIpc) is 2.67. The van der Waals surface area contributed by atoms with Gasteiger partial charge < -0.3 is 5.32 Å². The lowest BCUT2D eigenvalue weighted by molar-refractivity contribution is 0.951. The van der Waals surface area contributed by atoms with Crippen molar-refractivity contribution in [3.8, 4) is 0 Å². The lowest BCUT2D eigenvalue weighted by Gasteiger charge is -2.09. The molecule has 2 nitrogen and oxygen atoms in total. The first-order chi connectivity index (χ1) is 7.16. The van der Waals surface area contributed by atoms with E-state index in [4.69, 9.17) is 23.2 Å². The molecule has 0 atom stereocenters. The predicted octanol–water partition coefficient (Wildman–Crippen LogP) is 3.91. The van der Waals surface area contributed by atoms with Gasteiger partial charge in [-0.2, -0.15) is 0 Å².